The summed E-state index contributed by atoms with van der Waals surface area (Å²) in [6.07, 6.45) is 0. The van der Waals surface area contributed by atoms with Crippen molar-refractivity contribution in [2.24, 2.45) is 0 Å². The molecule has 0 saturated heterocycles. The molecule has 0 radical (unpaired) electrons. The highest BCUT2D eigenvalue weighted by Gasteiger charge is 2.24. The SMILES string of the molecule is Cc1cccc(C(C#N)C(=O)c2cc(F)ccc2Br)c1. The van der Waals surface area contributed by atoms with Gasteiger partial charge in [0, 0.05) is 10.0 Å². The zero-order valence-corrected chi connectivity index (χ0v) is 12.3. The van der Waals surface area contributed by atoms with Gasteiger partial charge in [0.05, 0.1) is 6.07 Å². The van der Waals surface area contributed by atoms with Crippen LogP contribution in [0, 0.1) is 24.1 Å². The lowest BCUT2D eigenvalue weighted by Crippen LogP contribution is -2.12. The van der Waals surface area contributed by atoms with Crippen LogP contribution in [0.5, 0.6) is 0 Å². The molecule has 1 atom stereocenters. The summed E-state index contributed by atoms with van der Waals surface area (Å²) >= 11 is 3.22. The monoisotopic (exact) mass is 331 g/mol. The Hall–Kier alpha value is -1.99. The third kappa shape index (κ3) is 2.94. The predicted octanol–water partition coefficient (Wildman–Crippen LogP) is 4.39. The number of halogens is 2. The molecule has 0 saturated carbocycles. The van der Waals surface area contributed by atoms with Crippen molar-refractivity contribution in [1.29, 1.82) is 5.26 Å². The van der Waals surface area contributed by atoms with Crippen LogP contribution in [0.25, 0.3) is 0 Å². The van der Waals surface area contributed by atoms with Crippen LogP contribution in [0.15, 0.2) is 46.9 Å². The number of ketones is 1. The van der Waals surface area contributed by atoms with Gasteiger partial charge >= 0.3 is 0 Å². The maximum atomic E-state index is 13.3. The zero-order chi connectivity index (χ0) is 14.7. The topological polar surface area (TPSA) is 40.9 Å². The van der Waals surface area contributed by atoms with Crippen molar-refractivity contribution in [2.45, 2.75) is 12.8 Å². The second-order valence-electron chi connectivity index (χ2n) is 4.46. The fourth-order valence-corrected chi connectivity index (χ4v) is 2.42. The van der Waals surface area contributed by atoms with Gasteiger partial charge in [-0.3, -0.25) is 4.79 Å². The molecule has 0 aromatic heterocycles. The number of Topliss-reactive ketones (excluding diaryl/α,β-unsaturated/α-hetero) is 1. The van der Waals surface area contributed by atoms with Crippen LogP contribution < -0.4 is 0 Å². The van der Waals surface area contributed by atoms with Crippen molar-refractivity contribution in [2.75, 3.05) is 0 Å². The first-order chi connectivity index (χ1) is 9.52. The van der Waals surface area contributed by atoms with E-state index in [1.807, 2.05) is 19.1 Å². The van der Waals surface area contributed by atoms with Gasteiger partial charge in [-0.15, -0.1) is 0 Å². The number of aryl methyl sites for hydroxylation is 1. The molecule has 2 aromatic rings. The summed E-state index contributed by atoms with van der Waals surface area (Å²) in [5.74, 6) is -1.85. The second-order valence-corrected chi connectivity index (χ2v) is 5.32. The Morgan fingerprint density at radius 3 is 2.70 bits per heavy atom. The first-order valence-electron chi connectivity index (χ1n) is 5.98. The van der Waals surface area contributed by atoms with E-state index >= 15 is 0 Å². The van der Waals surface area contributed by atoms with Crippen molar-refractivity contribution >= 4 is 21.7 Å². The quantitative estimate of drug-likeness (QED) is 0.783. The minimum atomic E-state index is -0.937. The van der Waals surface area contributed by atoms with E-state index in [1.165, 1.54) is 12.1 Å². The van der Waals surface area contributed by atoms with E-state index in [9.17, 15) is 14.4 Å². The van der Waals surface area contributed by atoms with Crippen molar-refractivity contribution in [1.82, 2.24) is 0 Å². The molecule has 2 rings (SSSR count). The van der Waals surface area contributed by atoms with E-state index in [4.69, 9.17) is 0 Å². The number of carbonyl (C=O) groups excluding carboxylic acids is 1. The van der Waals surface area contributed by atoms with Crippen molar-refractivity contribution < 1.29 is 9.18 Å². The van der Waals surface area contributed by atoms with E-state index < -0.39 is 17.5 Å². The van der Waals surface area contributed by atoms with Crippen LogP contribution in [-0.4, -0.2) is 5.78 Å². The maximum Gasteiger partial charge on any atom is 0.185 e. The third-order valence-corrected chi connectivity index (χ3v) is 3.65. The number of benzene rings is 2. The molecule has 4 heteroatoms. The molecule has 2 nitrogen and oxygen atoms in total. The van der Waals surface area contributed by atoms with E-state index in [1.54, 1.807) is 18.2 Å². The highest BCUT2D eigenvalue weighted by atomic mass is 79.9. The van der Waals surface area contributed by atoms with Gasteiger partial charge in [0.1, 0.15) is 11.7 Å². The molecule has 100 valence electrons. The summed E-state index contributed by atoms with van der Waals surface area (Å²) in [5, 5.41) is 9.28. The minimum Gasteiger partial charge on any atom is -0.292 e. The normalized spacial score (nSPS) is 11.7. The molecular formula is C16H11BrFNO. The predicted molar refractivity (Wildman–Crippen MR) is 78.0 cm³/mol. The van der Waals surface area contributed by atoms with Crippen LogP contribution in [0.4, 0.5) is 4.39 Å². The molecule has 0 spiro atoms. The highest BCUT2D eigenvalue weighted by molar-refractivity contribution is 9.10. The summed E-state index contributed by atoms with van der Waals surface area (Å²) in [7, 11) is 0. The molecule has 1 unspecified atom stereocenters. The molecule has 0 fully saturated rings. The van der Waals surface area contributed by atoms with E-state index in [2.05, 4.69) is 15.9 Å². The fourth-order valence-electron chi connectivity index (χ4n) is 1.98. The lowest BCUT2D eigenvalue weighted by molar-refractivity contribution is 0.0977. The van der Waals surface area contributed by atoms with Crippen LogP contribution in [0.3, 0.4) is 0 Å². The maximum absolute atomic E-state index is 13.3. The molecule has 0 aliphatic rings. The van der Waals surface area contributed by atoms with E-state index in [-0.39, 0.29) is 5.56 Å². The fraction of sp³-hybridized carbons (Fsp3) is 0.125. The molecule has 0 N–H and O–H groups in total. The summed E-state index contributed by atoms with van der Waals surface area (Å²) < 4.78 is 13.8. The zero-order valence-electron chi connectivity index (χ0n) is 10.7. The van der Waals surface area contributed by atoms with Gasteiger partial charge in [0.2, 0.25) is 0 Å². The first kappa shape index (κ1) is 14.4. The Bertz CT molecular complexity index is 706. The number of nitriles is 1. The van der Waals surface area contributed by atoms with E-state index in [0.29, 0.717) is 10.0 Å². The standard InChI is InChI=1S/C16H11BrFNO/c1-10-3-2-4-11(7-10)14(9-19)16(20)13-8-12(18)5-6-15(13)17/h2-8,14H,1H3. The van der Waals surface area contributed by atoms with Gasteiger partial charge in [0.15, 0.2) is 5.78 Å². The molecule has 2 aromatic carbocycles. The Kier molecular flexibility index (Phi) is 4.31. The van der Waals surface area contributed by atoms with Crippen molar-refractivity contribution in [3.05, 3.63) is 69.4 Å². The summed E-state index contributed by atoms with van der Waals surface area (Å²) in [5.41, 5.74) is 1.76. The lowest BCUT2D eigenvalue weighted by atomic mass is 9.91. The molecular weight excluding hydrogens is 321 g/mol. The molecule has 0 amide bonds. The average molecular weight is 332 g/mol. The summed E-state index contributed by atoms with van der Waals surface area (Å²) in [6.45, 7) is 1.89. The van der Waals surface area contributed by atoms with Gasteiger partial charge in [0.25, 0.3) is 0 Å². The van der Waals surface area contributed by atoms with Gasteiger partial charge in [-0.2, -0.15) is 5.26 Å². The summed E-state index contributed by atoms with van der Waals surface area (Å²) in [6, 6.07) is 13.1. The average Bonchev–Trinajstić information content (AvgIpc) is 2.42. The van der Waals surface area contributed by atoms with E-state index in [0.717, 1.165) is 11.6 Å². The van der Waals surface area contributed by atoms with Crippen LogP contribution in [-0.2, 0) is 0 Å². The Labute approximate surface area is 125 Å². The summed E-state index contributed by atoms with van der Waals surface area (Å²) in [4.78, 5) is 12.4. The van der Waals surface area contributed by atoms with Crippen molar-refractivity contribution in [3.63, 3.8) is 0 Å². The number of rotatable bonds is 3. The number of hydrogen-bond donors (Lipinski definition) is 0. The van der Waals surface area contributed by atoms with Crippen LogP contribution in [0.2, 0.25) is 0 Å². The molecule has 20 heavy (non-hydrogen) atoms. The van der Waals surface area contributed by atoms with Gasteiger partial charge in [-0.25, -0.2) is 4.39 Å². The Balaban J connectivity index is 2.45. The van der Waals surface area contributed by atoms with Crippen LogP contribution in [0.1, 0.15) is 27.4 Å². The molecule has 0 bridgehead atoms. The minimum absolute atomic E-state index is 0.179. The van der Waals surface area contributed by atoms with Crippen molar-refractivity contribution in [3.8, 4) is 6.07 Å². The first-order valence-corrected chi connectivity index (χ1v) is 6.77. The van der Waals surface area contributed by atoms with Gasteiger partial charge < -0.3 is 0 Å². The number of hydrogen-bond acceptors (Lipinski definition) is 2. The highest BCUT2D eigenvalue weighted by Crippen LogP contribution is 2.26. The Morgan fingerprint density at radius 2 is 2.05 bits per heavy atom. The van der Waals surface area contributed by atoms with Crippen LogP contribution >= 0.6 is 15.9 Å². The smallest absolute Gasteiger partial charge is 0.185 e. The molecule has 0 heterocycles. The number of nitrogens with zero attached hydrogens (tertiary/aromatic N) is 1. The third-order valence-electron chi connectivity index (χ3n) is 2.96. The molecule has 0 aliphatic heterocycles. The lowest BCUT2D eigenvalue weighted by Gasteiger charge is -2.11. The van der Waals surface area contributed by atoms with Gasteiger partial charge in [-0.1, -0.05) is 45.8 Å². The molecule has 0 aliphatic carbocycles. The van der Waals surface area contributed by atoms with Gasteiger partial charge in [-0.05, 0) is 30.7 Å². The second kappa shape index (κ2) is 5.98. The Morgan fingerprint density at radius 1 is 1.30 bits per heavy atom. The largest absolute Gasteiger partial charge is 0.292 e. The number of carbonyl (C=O) groups is 1.